The van der Waals surface area contributed by atoms with E-state index in [1.807, 2.05) is 40.1 Å². The Morgan fingerprint density at radius 1 is 0.865 bits per heavy atom. The van der Waals surface area contributed by atoms with Crippen LogP contribution in [0.5, 0.6) is 5.75 Å². The van der Waals surface area contributed by atoms with Crippen molar-refractivity contribution in [2.24, 2.45) is 5.92 Å². The number of nitrogens with zero attached hydrogens (tertiary/aromatic N) is 8. The Hall–Kier alpha value is -5.44. The highest BCUT2D eigenvalue weighted by Gasteiger charge is 2.41. The number of amides is 5. The molecule has 1 unspecified atom stereocenters. The van der Waals surface area contributed by atoms with Crippen molar-refractivity contribution >= 4 is 40.9 Å². The van der Waals surface area contributed by atoms with E-state index in [2.05, 4.69) is 41.6 Å². The summed E-state index contributed by atoms with van der Waals surface area (Å²) in [6.45, 7) is 8.91. The van der Waals surface area contributed by atoms with Crippen LogP contribution in [0, 0.1) is 5.92 Å². The van der Waals surface area contributed by atoms with Gasteiger partial charge in [-0.2, -0.15) is 0 Å². The SMILES string of the molecule is O=C1CCC(N2Cc3ccc(N4CC(CN5CCN(C(=O)N6CCN7c8cc(-c9ccccc9O)nnc8NC[C@H]7C6)CC5)C4)cc3C2=O)C(=O)N1. The minimum atomic E-state index is -0.606. The molecule has 0 bridgehead atoms. The van der Waals surface area contributed by atoms with E-state index in [9.17, 15) is 24.3 Å². The van der Waals surface area contributed by atoms with Crippen LogP contribution in [0.1, 0.15) is 28.8 Å². The first-order valence-electron chi connectivity index (χ1n) is 18.2. The number of aromatic nitrogens is 2. The molecule has 3 N–H and O–H groups in total. The summed E-state index contributed by atoms with van der Waals surface area (Å²) in [6, 6.07) is 14.7. The molecule has 6 aliphatic heterocycles. The van der Waals surface area contributed by atoms with Crippen LogP contribution in [0.4, 0.5) is 22.0 Å². The molecule has 52 heavy (non-hydrogen) atoms. The van der Waals surface area contributed by atoms with Gasteiger partial charge < -0.3 is 34.9 Å². The summed E-state index contributed by atoms with van der Waals surface area (Å²) in [5.41, 5.74) is 4.78. The van der Waals surface area contributed by atoms with E-state index >= 15 is 0 Å². The maximum absolute atomic E-state index is 13.7. The molecule has 270 valence electrons. The molecule has 2 atom stereocenters. The number of anilines is 3. The molecule has 1 aromatic heterocycles. The third-order valence-corrected chi connectivity index (χ3v) is 11.5. The standard InChI is InChI=1S/C37H42N10O5/c48-32-4-2-1-3-27(32)29-16-31-34(41-40-29)38-17-26-22-44(13-14-46(26)31)37(52)43-11-9-42(10-12-43)18-23-19-45(20-23)25-6-5-24-21-47(36(51)28(24)15-25)30-7-8-33(49)39-35(30)50/h1-6,15-16,23,26,30,48H,7-14,17-22H2,(H,38,41)(H,39,49,50)/t26-,30?/m0/s1. The molecule has 5 amide bonds. The first-order chi connectivity index (χ1) is 25.3. The Morgan fingerprint density at radius 3 is 2.48 bits per heavy atom. The van der Waals surface area contributed by atoms with Crippen molar-refractivity contribution < 1.29 is 24.3 Å². The maximum Gasteiger partial charge on any atom is 0.320 e. The molecule has 0 spiro atoms. The largest absolute Gasteiger partial charge is 0.507 e. The number of carbonyl (C=O) groups excluding carboxylic acids is 4. The molecule has 6 aliphatic rings. The van der Waals surface area contributed by atoms with Gasteiger partial charge in [-0.25, -0.2) is 4.79 Å². The van der Waals surface area contributed by atoms with Crippen molar-refractivity contribution in [2.45, 2.75) is 31.5 Å². The highest BCUT2D eigenvalue weighted by atomic mass is 16.3. The molecule has 9 rings (SSSR count). The average molecular weight is 707 g/mol. The van der Waals surface area contributed by atoms with Crippen molar-refractivity contribution in [3.05, 3.63) is 59.7 Å². The minimum absolute atomic E-state index is 0.102. The lowest BCUT2D eigenvalue weighted by Gasteiger charge is -2.48. The fraction of sp³-hybridized carbons (Fsp3) is 0.459. The average Bonchev–Trinajstić information content (AvgIpc) is 3.47. The van der Waals surface area contributed by atoms with Gasteiger partial charge in [-0.3, -0.25) is 24.6 Å². The number of phenols is 1. The Bertz CT molecular complexity index is 1940. The molecular formula is C37H42N10O5. The molecular weight excluding hydrogens is 664 g/mol. The number of urea groups is 1. The fourth-order valence-corrected chi connectivity index (χ4v) is 8.61. The summed E-state index contributed by atoms with van der Waals surface area (Å²) in [7, 11) is 0. The molecule has 0 saturated carbocycles. The number of hydrogen-bond acceptors (Lipinski definition) is 11. The van der Waals surface area contributed by atoms with Crippen LogP contribution < -0.4 is 20.4 Å². The van der Waals surface area contributed by atoms with Gasteiger partial charge >= 0.3 is 6.03 Å². The number of nitrogens with one attached hydrogen (secondary N) is 2. The first-order valence-corrected chi connectivity index (χ1v) is 18.2. The fourth-order valence-electron chi connectivity index (χ4n) is 8.61. The third kappa shape index (κ3) is 5.82. The number of para-hydroxylation sites is 1. The summed E-state index contributed by atoms with van der Waals surface area (Å²) in [5.74, 6) is 0.579. The van der Waals surface area contributed by atoms with Crippen LogP contribution in [0.3, 0.4) is 0 Å². The predicted octanol–water partition coefficient (Wildman–Crippen LogP) is 1.40. The van der Waals surface area contributed by atoms with Crippen LogP contribution in [0.15, 0.2) is 48.5 Å². The van der Waals surface area contributed by atoms with E-state index in [0.717, 1.165) is 55.5 Å². The Morgan fingerprint density at radius 2 is 1.67 bits per heavy atom. The van der Waals surface area contributed by atoms with E-state index in [4.69, 9.17) is 0 Å². The molecule has 4 saturated heterocycles. The smallest absolute Gasteiger partial charge is 0.320 e. The molecule has 4 fully saturated rings. The summed E-state index contributed by atoms with van der Waals surface area (Å²) >= 11 is 0. The number of imide groups is 1. The van der Waals surface area contributed by atoms with Crippen LogP contribution in [0.2, 0.25) is 0 Å². The van der Waals surface area contributed by atoms with Crippen LogP contribution in [0.25, 0.3) is 11.3 Å². The molecule has 7 heterocycles. The van der Waals surface area contributed by atoms with Gasteiger partial charge in [0, 0.05) is 108 Å². The van der Waals surface area contributed by atoms with Crippen molar-refractivity contribution in [1.82, 2.24) is 35.1 Å². The number of rotatable bonds is 5. The van der Waals surface area contributed by atoms with Gasteiger partial charge in [-0.05, 0) is 42.3 Å². The van der Waals surface area contributed by atoms with Gasteiger partial charge in [0.25, 0.3) is 5.91 Å². The summed E-state index contributed by atoms with van der Waals surface area (Å²) in [5, 5.41) is 24.9. The second kappa shape index (κ2) is 13.0. The molecule has 15 heteroatoms. The maximum atomic E-state index is 13.7. The lowest BCUT2D eigenvalue weighted by Crippen LogP contribution is -2.62. The van der Waals surface area contributed by atoms with Crippen LogP contribution >= 0.6 is 0 Å². The number of piperazine rings is 2. The number of phenolic OH excluding ortho intramolecular Hbond substituents is 1. The molecule has 0 radical (unpaired) electrons. The first kappa shape index (κ1) is 32.5. The lowest BCUT2D eigenvalue weighted by molar-refractivity contribution is -0.136. The number of piperidine rings is 1. The molecule has 2 aromatic carbocycles. The van der Waals surface area contributed by atoms with Gasteiger partial charge in [-0.15, -0.1) is 10.2 Å². The van der Waals surface area contributed by atoms with Crippen molar-refractivity contribution in [1.29, 1.82) is 0 Å². The van der Waals surface area contributed by atoms with E-state index in [1.165, 1.54) is 0 Å². The highest BCUT2D eigenvalue weighted by molar-refractivity contribution is 6.05. The van der Waals surface area contributed by atoms with Gasteiger partial charge in [0.2, 0.25) is 11.8 Å². The van der Waals surface area contributed by atoms with Crippen LogP contribution in [-0.4, -0.2) is 143 Å². The van der Waals surface area contributed by atoms with Crippen LogP contribution in [-0.2, 0) is 16.1 Å². The lowest BCUT2D eigenvalue weighted by atomic mass is 9.97. The van der Waals surface area contributed by atoms with Crippen molar-refractivity contribution in [2.75, 3.05) is 87.1 Å². The third-order valence-electron chi connectivity index (χ3n) is 11.5. The normalized spacial score (nSPS) is 23.5. The minimum Gasteiger partial charge on any atom is -0.507 e. The van der Waals surface area contributed by atoms with E-state index in [-0.39, 0.29) is 36.1 Å². The highest BCUT2D eigenvalue weighted by Crippen LogP contribution is 2.37. The predicted molar refractivity (Wildman–Crippen MR) is 192 cm³/mol. The van der Waals surface area contributed by atoms with Crippen molar-refractivity contribution in [3.63, 3.8) is 0 Å². The van der Waals surface area contributed by atoms with Gasteiger partial charge in [0.05, 0.1) is 17.4 Å². The second-order valence-electron chi connectivity index (χ2n) is 14.7. The second-order valence-corrected chi connectivity index (χ2v) is 14.7. The Labute approximate surface area is 301 Å². The van der Waals surface area contributed by atoms with E-state index in [1.54, 1.807) is 17.0 Å². The number of benzene rings is 2. The number of carbonyl (C=O) groups is 4. The summed E-state index contributed by atoms with van der Waals surface area (Å²) in [4.78, 5) is 63.6. The van der Waals surface area contributed by atoms with Gasteiger partial charge in [-0.1, -0.05) is 18.2 Å². The topological polar surface area (TPSA) is 158 Å². The van der Waals surface area contributed by atoms with Crippen molar-refractivity contribution in [3.8, 4) is 17.0 Å². The number of fused-ring (bicyclic) bond motifs is 4. The summed E-state index contributed by atoms with van der Waals surface area (Å²) < 4.78 is 0. The number of aromatic hydroxyl groups is 1. The zero-order valence-electron chi connectivity index (χ0n) is 28.9. The van der Waals surface area contributed by atoms with Gasteiger partial charge in [0.15, 0.2) is 5.82 Å². The Kier molecular flexibility index (Phi) is 8.09. The monoisotopic (exact) mass is 706 g/mol. The summed E-state index contributed by atoms with van der Waals surface area (Å²) in [6.07, 6.45) is 0.605. The van der Waals surface area contributed by atoms with E-state index in [0.29, 0.717) is 75.0 Å². The quantitative estimate of drug-likeness (QED) is 0.330. The molecule has 15 nitrogen and oxygen atoms in total. The van der Waals surface area contributed by atoms with E-state index < -0.39 is 11.9 Å². The Balaban J connectivity index is 0.744. The van der Waals surface area contributed by atoms with Gasteiger partial charge in [0.1, 0.15) is 11.8 Å². The zero-order valence-corrected chi connectivity index (χ0v) is 28.9. The molecule has 3 aromatic rings. The number of hydrogen-bond donors (Lipinski definition) is 3. The zero-order chi connectivity index (χ0) is 35.5. The molecule has 0 aliphatic carbocycles.